The number of rotatable bonds is 4. The molecule has 0 fully saturated rings. The Morgan fingerprint density at radius 1 is 1.50 bits per heavy atom. The van der Waals surface area contributed by atoms with Crippen molar-refractivity contribution in [1.29, 1.82) is 0 Å². The van der Waals surface area contributed by atoms with Crippen LogP contribution in [0.15, 0.2) is 4.34 Å². The van der Waals surface area contributed by atoms with E-state index in [9.17, 15) is 0 Å². The predicted molar refractivity (Wildman–Crippen MR) is 58.8 cm³/mol. The van der Waals surface area contributed by atoms with Crippen LogP contribution in [0, 0.1) is 0 Å². The van der Waals surface area contributed by atoms with Crippen molar-refractivity contribution in [1.82, 2.24) is 10.2 Å². The van der Waals surface area contributed by atoms with Crippen LogP contribution in [0.2, 0.25) is 0 Å². The van der Waals surface area contributed by atoms with Gasteiger partial charge in [-0.2, -0.15) is 12.6 Å². The fourth-order valence-electron chi connectivity index (χ4n) is 0.575. The van der Waals surface area contributed by atoms with Crippen molar-refractivity contribution in [2.24, 2.45) is 0 Å². The molecule has 0 radical (unpaired) electrons. The van der Waals surface area contributed by atoms with Crippen LogP contribution >= 0.6 is 35.7 Å². The van der Waals surface area contributed by atoms with Crippen molar-refractivity contribution in [3.8, 4) is 0 Å². The van der Waals surface area contributed by atoms with Crippen molar-refractivity contribution >= 4 is 40.9 Å². The van der Waals surface area contributed by atoms with Gasteiger partial charge < -0.3 is 4.90 Å². The molecule has 0 atom stereocenters. The van der Waals surface area contributed by atoms with Gasteiger partial charge in [0.1, 0.15) is 0 Å². The van der Waals surface area contributed by atoms with E-state index >= 15 is 0 Å². The molecule has 0 aliphatic heterocycles. The Balaban J connectivity index is 2.52. The molecule has 0 N–H and O–H groups in total. The van der Waals surface area contributed by atoms with E-state index in [0.29, 0.717) is 0 Å². The lowest BCUT2D eigenvalue weighted by Crippen LogP contribution is -2.07. The number of aromatic nitrogens is 2. The van der Waals surface area contributed by atoms with Gasteiger partial charge >= 0.3 is 0 Å². The molecule has 0 aromatic carbocycles. The lowest BCUT2D eigenvalue weighted by atomic mass is 10.9. The molecule has 6 heteroatoms. The summed E-state index contributed by atoms with van der Waals surface area (Å²) in [5.41, 5.74) is 0. The minimum atomic E-state index is 0.877. The molecule has 1 rings (SSSR count). The van der Waals surface area contributed by atoms with E-state index < -0.39 is 0 Å². The van der Waals surface area contributed by atoms with Crippen LogP contribution in [0.4, 0.5) is 5.13 Å². The predicted octanol–water partition coefficient (Wildman–Crippen LogP) is 1.63. The Hall–Kier alpha value is 0.0600. The number of thioether (sulfide) groups is 1. The first kappa shape index (κ1) is 10.1. The van der Waals surface area contributed by atoms with Crippen molar-refractivity contribution in [3.63, 3.8) is 0 Å². The molecule has 0 unspecified atom stereocenters. The average Bonchev–Trinajstić information content (AvgIpc) is 2.48. The number of anilines is 1. The van der Waals surface area contributed by atoms with Gasteiger partial charge in [0.05, 0.1) is 0 Å². The molecule has 0 saturated carbocycles. The molecule has 12 heavy (non-hydrogen) atoms. The summed E-state index contributed by atoms with van der Waals surface area (Å²) in [4.78, 5) is 1.96. The molecule has 0 saturated heterocycles. The van der Waals surface area contributed by atoms with Crippen LogP contribution in [0.5, 0.6) is 0 Å². The van der Waals surface area contributed by atoms with Crippen molar-refractivity contribution < 1.29 is 0 Å². The number of hydrogen-bond donors (Lipinski definition) is 1. The van der Waals surface area contributed by atoms with Gasteiger partial charge in [0, 0.05) is 19.8 Å². The summed E-state index contributed by atoms with van der Waals surface area (Å²) in [6.45, 7) is 0. The van der Waals surface area contributed by atoms with E-state index in [0.717, 1.165) is 21.0 Å². The molecule has 1 heterocycles. The molecule has 0 bridgehead atoms. The zero-order valence-corrected chi connectivity index (χ0v) is 9.55. The minimum Gasteiger partial charge on any atom is -0.353 e. The van der Waals surface area contributed by atoms with E-state index in [-0.39, 0.29) is 0 Å². The van der Waals surface area contributed by atoms with Crippen LogP contribution < -0.4 is 4.90 Å². The van der Waals surface area contributed by atoms with E-state index in [1.807, 2.05) is 19.0 Å². The third kappa shape index (κ3) is 2.84. The van der Waals surface area contributed by atoms with Gasteiger partial charge in [0.25, 0.3) is 0 Å². The first-order valence-corrected chi connectivity index (χ1v) is 5.92. The highest BCUT2D eigenvalue weighted by Crippen LogP contribution is 2.26. The Kier molecular flexibility index (Phi) is 4.17. The highest BCUT2D eigenvalue weighted by atomic mass is 32.2. The fraction of sp³-hybridized carbons (Fsp3) is 0.667. The van der Waals surface area contributed by atoms with Crippen LogP contribution in [0.1, 0.15) is 0 Å². The Morgan fingerprint density at radius 3 is 2.75 bits per heavy atom. The number of nitrogens with zero attached hydrogens (tertiary/aromatic N) is 3. The molecular weight excluding hydrogens is 210 g/mol. The first-order valence-electron chi connectivity index (χ1n) is 3.48. The molecule has 68 valence electrons. The lowest BCUT2D eigenvalue weighted by Gasteiger charge is -2.03. The molecular formula is C6H11N3S3. The third-order valence-electron chi connectivity index (χ3n) is 1.10. The van der Waals surface area contributed by atoms with Crippen LogP contribution in [0.3, 0.4) is 0 Å². The van der Waals surface area contributed by atoms with Gasteiger partial charge in [-0.25, -0.2) is 0 Å². The largest absolute Gasteiger partial charge is 0.353 e. The van der Waals surface area contributed by atoms with Crippen molar-refractivity contribution in [2.75, 3.05) is 30.5 Å². The SMILES string of the molecule is CN(C)c1nnc(SCCS)s1. The van der Waals surface area contributed by atoms with Crippen molar-refractivity contribution in [2.45, 2.75) is 4.34 Å². The molecule has 0 amide bonds. The molecule has 0 spiro atoms. The van der Waals surface area contributed by atoms with Gasteiger partial charge in [0.2, 0.25) is 5.13 Å². The zero-order chi connectivity index (χ0) is 8.97. The van der Waals surface area contributed by atoms with Crippen LogP contribution in [0.25, 0.3) is 0 Å². The summed E-state index contributed by atoms with van der Waals surface area (Å²) in [5.74, 6) is 1.87. The highest BCUT2D eigenvalue weighted by molar-refractivity contribution is 8.01. The molecule has 0 aliphatic rings. The summed E-state index contributed by atoms with van der Waals surface area (Å²) < 4.78 is 1.02. The maximum atomic E-state index is 4.12. The van der Waals surface area contributed by atoms with E-state index in [4.69, 9.17) is 0 Å². The average molecular weight is 221 g/mol. The topological polar surface area (TPSA) is 29.0 Å². The second-order valence-corrected chi connectivity index (χ2v) is 5.06. The summed E-state index contributed by atoms with van der Waals surface area (Å²) in [6, 6.07) is 0. The molecule has 1 aromatic heterocycles. The first-order chi connectivity index (χ1) is 5.74. The van der Waals surface area contributed by atoms with Crippen LogP contribution in [-0.4, -0.2) is 35.8 Å². The van der Waals surface area contributed by atoms with Gasteiger partial charge in [0.15, 0.2) is 4.34 Å². The van der Waals surface area contributed by atoms with Gasteiger partial charge in [-0.3, -0.25) is 0 Å². The highest BCUT2D eigenvalue weighted by Gasteiger charge is 2.04. The van der Waals surface area contributed by atoms with Gasteiger partial charge in [-0.15, -0.1) is 10.2 Å². The van der Waals surface area contributed by atoms with Crippen LogP contribution in [-0.2, 0) is 0 Å². The van der Waals surface area contributed by atoms with Gasteiger partial charge in [-0.05, 0) is 5.75 Å². The van der Waals surface area contributed by atoms with Gasteiger partial charge in [-0.1, -0.05) is 23.1 Å². The van der Waals surface area contributed by atoms with Crippen molar-refractivity contribution in [3.05, 3.63) is 0 Å². The summed E-state index contributed by atoms with van der Waals surface area (Å²) >= 11 is 7.44. The molecule has 0 aliphatic carbocycles. The number of hydrogen-bond acceptors (Lipinski definition) is 6. The van der Waals surface area contributed by atoms with E-state index in [2.05, 4.69) is 22.8 Å². The quantitative estimate of drug-likeness (QED) is 0.618. The molecule has 3 nitrogen and oxygen atoms in total. The second-order valence-electron chi connectivity index (χ2n) is 2.32. The third-order valence-corrected chi connectivity index (χ3v) is 3.85. The standard InChI is InChI=1S/C6H11N3S3/c1-9(2)5-7-8-6(12-5)11-4-3-10/h10H,3-4H2,1-2H3. The maximum absolute atomic E-state index is 4.12. The number of thiol groups is 1. The lowest BCUT2D eigenvalue weighted by molar-refractivity contribution is 0.973. The summed E-state index contributed by atoms with van der Waals surface area (Å²) in [5, 5.41) is 9.00. The van der Waals surface area contributed by atoms with E-state index in [1.165, 1.54) is 0 Å². The Labute approximate surface area is 86.0 Å². The second kappa shape index (κ2) is 4.94. The summed E-state index contributed by atoms with van der Waals surface area (Å²) in [6.07, 6.45) is 0. The van der Waals surface area contributed by atoms with E-state index in [1.54, 1.807) is 23.1 Å². The minimum absolute atomic E-state index is 0.877. The summed E-state index contributed by atoms with van der Waals surface area (Å²) in [7, 11) is 3.93. The Bertz CT molecular complexity index is 236. The monoisotopic (exact) mass is 221 g/mol. The maximum Gasteiger partial charge on any atom is 0.208 e. The zero-order valence-electron chi connectivity index (χ0n) is 7.02. The fourth-order valence-corrected chi connectivity index (χ4v) is 2.42. The normalized spacial score (nSPS) is 10.2. The molecule has 1 aromatic rings. The smallest absolute Gasteiger partial charge is 0.208 e. The Morgan fingerprint density at radius 2 is 2.25 bits per heavy atom.